The second-order valence-electron chi connectivity index (χ2n) is 7.07. The number of carbonyl (C=O) groups excluding carboxylic acids is 1. The summed E-state index contributed by atoms with van der Waals surface area (Å²) in [6, 6.07) is 10.4. The zero-order valence-corrected chi connectivity index (χ0v) is 17.6. The monoisotopic (exact) mass is 388 g/mol. The molecule has 2 aromatic rings. The van der Waals surface area contributed by atoms with Crippen molar-refractivity contribution in [3.63, 3.8) is 0 Å². The van der Waals surface area contributed by atoms with Crippen LogP contribution in [0, 0.1) is 27.7 Å². The molecule has 1 unspecified atom stereocenters. The highest BCUT2D eigenvalue weighted by Gasteiger charge is 2.27. The molecule has 0 saturated carbocycles. The normalized spacial score (nSPS) is 13.9. The maximum absolute atomic E-state index is 13.0. The van der Waals surface area contributed by atoms with Crippen LogP contribution in [0.25, 0.3) is 0 Å². The van der Waals surface area contributed by atoms with Crippen molar-refractivity contribution in [1.29, 1.82) is 0 Å². The maximum Gasteiger partial charge on any atom is 0.241 e. The van der Waals surface area contributed by atoms with Crippen molar-refractivity contribution in [3.05, 3.63) is 64.2 Å². The lowest BCUT2D eigenvalue weighted by atomic mass is 10.0. The minimum absolute atomic E-state index is 0.213. The number of hydrogen-bond donors (Lipinski definition) is 2. The highest BCUT2D eigenvalue weighted by molar-refractivity contribution is 7.89. The van der Waals surface area contributed by atoms with Gasteiger partial charge in [-0.3, -0.25) is 4.79 Å². The van der Waals surface area contributed by atoms with Crippen LogP contribution in [0.15, 0.2) is 41.3 Å². The molecule has 146 valence electrons. The Kier molecular flexibility index (Phi) is 6.44. The van der Waals surface area contributed by atoms with Gasteiger partial charge in [-0.25, -0.2) is 8.42 Å². The molecule has 0 aliphatic carbocycles. The van der Waals surface area contributed by atoms with Gasteiger partial charge in [0.05, 0.1) is 17.0 Å². The molecule has 0 aromatic heterocycles. The van der Waals surface area contributed by atoms with Gasteiger partial charge in [0.15, 0.2) is 0 Å². The number of hydrogen-bond acceptors (Lipinski definition) is 3. The zero-order chi connectivity index (χ0) is 20.4. The molecule has 0 heterocycles. The SMILES string of the molecule is Cc1cc(C)c(C)c(S(=O)(=O)N[C@@H](C)C(=O)NC(C)c2ccccc2)c1C. The van der Waals surface area contributed by atoms with Gasteiger partial charge in [-0.05, 0) is 69.4 Å². The fourth-order valence-electron chi connectivity index (χ4n) is 3.09. The molecular formula is C21H28N2O3S. The summed E-state index contributed by atoms with van der Waals surface area (Å²) in [5.41, 5.74) is 4.19. The standard InChI is InChI=1S/C21H28N2O3S/c1-13-12-14(2)16(4)20(15(13)3)27(25,26)23-18(6)21(24)22-17(5)19-10-8-7-9-11-19/h7-12,17-18,23H,1-6H3,(H,22,24)/t17?,18-/m0/s1. The molecule has 2 aromatic carbocycles. The van der Waals surface area contributed by atoms with E-state index in [1.165, 1.54) is 0 Å². The summed E-state index contributed by atoms with van der Waals surface area (Å²) in [6.45, 7) is 10.8. The summed E-state index contributed by atoms with van der Waals surface area (Å²) < 4.78 is 28.4. The number of amides is 1. The first-order valence-electron chi connectivity index (χ1n) is 8.99. The average molecular weight is 389 g/mol. The summed E-state index contributed by atoms with van der Waals surface area (Å²) in [5.74, 6) is -0.366. The van der Waals surface area contributed by atoms with Crippen LogP contribution in [0.2, 0.25) is 0 Å². The Morgan fingerprint density at radius 1 is 0.926 bits per heavy atom. The van der Waals surface area contributed by atoms with Crippen LogP contribution in [-0.4, -0.2) is 20.4 Å². The molecule has 1 amide bonds. The van der Waals surface area contributed by atoms with Crippen LogP contribution >= 0.6 is 0 Å². The lowest BCUT2D eigenvalue weighted by Crippen LogP contribution is -2.45. The summed E-state index contributed by atoms with van der Waals surface area (Å²) in [4.78, 5) is 12.8. The third kappa shape index (κ3) is 4.76. The van der Waals surface area contributed by atoms with Crippen LogP contribution in [0.5, 0.6) is 0 Å². The summed E-state index contributed by atoms with van der Waals surface area (Å²) in [5, 5.41) is 2.86. The van der Waals surface area contributed by atoms with Crippen LogP contribution in [0.4, 0.5) is 0 Å². The Morgan fingerprint density at radius 2 is 1.44 bits per heavy atom. The van der Waals surface area contributed by atoms with Gasteiger partial charge >= 0.3 is 0 Å². The molecule has 0 saturated heterocycles. The molecule has 0 bridgehead atoms. The number of benzene rings is 2. The molecule has 5 nitrogen and oxygen atoms in total. The predicted molar refractivity (Wildman–Crippen MR) is 108 cm³/mol. The topological polar surface area (TPSA) is 75.3 Å². The van der Waals surface area contributed by atoms with Crippen molar-refractivity contribution in [3.8, 4) is 0 Å². The van der Waals surface area contributed by atoms with Gasteiger partial charge in [0, 0.05) is 0 Å². The quantitative estimate of drug-likeness (QED) is 0.796. The Balaban J connectivity index is 2.19. The minimum Gasteiger partial charge on any atom is -0.348 e. The number of carbonyl (C=O) groups is 1. The molecule has 2 N–H and O–H groups in total. The van der Waals surface area contributed by atoms with Gasteiger partial charge in [-0.1, -0.05) is 36.4 Å². The van der Waals surface area contributed by atoms with E-state index in [2.05, 4.69) is 10.0 Å². The number of nitrogens with one attached hydrogen (secondary N) is 2. The van der Waals surface area contributed by atoms with Crippen molar-refractivity contribution in [2.45, 2.75) is 58.5 Å². The summed E-state index contributed by atoms with van der Waals surface area (Å²) in [7, 11) is -3.82. The molecule has 2 rings (SSSR count). The molecule has 27 heavy (non-hydrogen) atoms. The third-order valence-electron chi connectivity index (χ3n) is 4.95. The Bertz CT molecular complexity index is 911. The highest BCUT2D eigenvalue weighted by atomic mass is 32.2. The van der Waals surface area contributed by atoms with Gasteiger partial charge in [0.1, 0.15) is 0 Å². The van der Waals surface area contributed by atoms with E-state index in [-0.39, 0.29) is 16.8 Å². The van der Waals surface area contributed by atoms with Gasteiger partial charge in [-0.15, -0.1) is 0 Å². The average Bonchev–Trinajstić information content (AvgIpc) is 2.60. The van der Waals surface area contributed by atoms with Crippen LogP contribution in [0.3, 0.4) is 0 Å². The van der Waals surface area contributed by atoms with Crippen molar-refractivity contribution >= 4 is 15.9 Å². The van der Waals surface area contributed by atoms with Gasteiger partial charge in [0.25, 0.3) is 0 Å². The van der Waals surface area contributed by atoms with E-state index in [9.17, 15) is 13.2 Å². The molecule has 0 aliphatic heterocycles. The Hall–Kier alpha value is -2.18. The fraction of sp³-hybridized carbons (Fsp3) is 0.381. The largest absolute Gasteiger partial charge is 0.348 e. The molecule has 0 radical (unpaired) electrons. The predicted octanol–water partition coefficient (Wildman–Crippen LogP) is 3.46. The zero-order valence-electron chi connectivity index (χ0n) is 16.8. The second kappa shape index (κ2) is 8.23. The van der Waals surface area contributed by atoms with E-state index in [0.29, 0.717) is 11.1 Å². The van der Waals surface area contributed by atoms with Gasteiger partial charge in [0.2, 0.25) is 15.9 Å². The van der Waals surface area contributed by atoms with Crippen LogP contribution < -0.4 is 10.0 Å². The highest BCUT2D eigenvalue weighted by Crippen LogP contribution is 2.26. The van der Waals surface area contributed by atoms with E-state index in [1.807, 2.05) is 57.2 Å². The Labute approximate surface area is 162 Å². The molecule has 0 fully saturated rings. The van der Waals surface area contributed by atoms with E-state index in [0.717, 1.165) is 16.7 Å². The lowest BCUT2D eigenvalue weighted by Gasteiger charge is -2.21. The second-order valence-corrected chi connectivity index (χ2v) is 8.72. The van der Waals surface area contributed by atoms with Crippen LogP contribution in [-0.2, 0) is 14.8 Å². The molecular weight excluding hydrogens is 360 g/mol. The van der Waals surface area contributed by atoms with Crippen molar-refractivity contribution in [1.82, 2.24) is 10.0 Å². The molecule has 6 heteroatoms. The number of rotatable bonds is 6. The fourth-order valence-corrected chi connectivity index (χ4v) is 4.91. The smallest absolute Gasteiger partial charge is 0.241 e. The third-order valence-corrected chi connectivity index (χ3v) is 6.76. The summed E-state index contributed by atoms with van der Waals surface area (Å²) >= 11 is 0. The first-order chi connectivity index (χ1) is 12.5. The first-order valence-corrected chi connectivity index (χ1v) is 10.5. The maximum atomic E-state index is 13.0. The van der Waals surface area contributed by atoms with E-state index < -0.39 is 16.1 Å². The number of aryl methyl sites for hydroxylation is 2. The van der Waals surface area contributed by atoms with E-state index in [1.54, 1.807) is 20.8 Å². The lowest BCUT2D eigenvalue weighted by molar-refractivity contribution is -0.123. The van der Waals surface area contributed by atoms with Crippen LogP contribution in [0.1, 0.15) is 47.7 Å². The molecule has 0 aliphatic rings. The van der Waals surface area contributed by atoms with E-state index >= 15 is 0 Å². The minimum atomic E-state index is -3.82. The first kappa shape index (κ1) is 21.1. The Morgan fingerprint density at radius 3 is 1.96 bits per heavy atom. The van der Waals surface area contributed by atoms with Gasteiger partial charge in [-0.2, -0.15) is 4.72 Å². The molecule has 0 spiro atoms. The summed E-state index contributed by atoms with van der Waals surface area (Å²) in [6.07, 6.45) is 0. The van der Waals surface area contributed by atoms with Crippen molar-refractivity contribution in [2.75, 3.05) is 0 Å². The van der Waals surface area contributed by atoms with Gasteiger partial charge < -0.3 is 5.32 Å². The molecule has 2 atom stereocenters. The number of sulfonamides is 1. The van der Waals surface area contributed by atoms with Crippen molar-refractivity contribution in [2.24, 2.45) is 0 Å². The van der Waals surface area contributed by atoms with E-state index in [4.69, 9.17) is 0 Å². The van der Waals surface area contributed by atoms with Crippen molar-refractivity contribution < 1.29 is 13.2 Å².